The zero-order valence-corrected chi connectivity index (χ0v) is 8.95. The molecule has 1 aromatic rings. The van der Waals surface area contributed by atoms with Gasteiger partial charge in [0.05, 0.1) is 13.0 Å². The Balaban J connectivity index is 2.24. The highest BCUT2D eigenvalue weighted by atomic mass is 16.5. The molecule has 1 aliphatic heterocycles. The van der Waals surface area contributed by atoms with Crippen molar-refractivity contribution in [2.75, 3.05) is 13.7 Å². The molecule has 0 amide bonds. The Morgan fingerprint density at radius 1 is 1.53 bits per heavy atom. The number of methoxy groups -OCH3 is 1. The summed E-state index contributed by atoms with van der Waals surface area (Å²) in [5, 5.41) is 0. The molecule has 0 aliphatic carbocycles. The summed E-state index contributed by atoms with van der Waals surface area (Å²) in [4.78, 5) is 11.4. The number of hydrogen-bond acceptors (Lipinski definition) is 3. The van der Waals surface area contributed by atoms with E-state index in [0.717, 1.165) is 16.9 Å². The molecule has 3 nitrogen and oxygen atoms in total. The SMILES string of the molecule is COC(=O)C1COc2c(C)cccc2C1. The number of ether oxygens (including phenoxy) is 2. The lowest BCUT2D eigenvalue weighted by Gasteiger charge is -2.24. The highest BCUT2D eigenvalue weighted by Crippen LogP contribution is 2.30. The summed E-state index contributed by atoms with van der Waals surface area (Å²) < 4.78 is 10.3. The smallest absolute Gasteiger partial charge is 0.312 e. The molecular weight excluding hydrogens is 192 g/mol. The Kier molecular flexibility index (Phi) is 2.62. The van der Waals surface area contributed by atoms with Crippen molar-refractivity contribution in [2.24, 2.45) is 5.92 Å². The van der Waals surface area contributed by atoms with Gasteiger partial charge in [0.15, 0.2) is 0 Å². The van der Waals surface area contributed by atoms with E-state index in [1.165, 1.54) is 7.11 Å². The van der Waals surface area contributed by atoms with E-state index in [-0.39, 0.29) is 11.9 Å². The molecule has 1 atom stereocenters. The first-order valence-corrected chi connectivity index (χ1v) is 5.01. The summed E-state index contributed by atoms with van der Waals surface area (Å²) in [6.45, 7) is 2.43. The molecule has 1 unspecified atom stereocenters. The average molecular weight is 206 g/mol. The van der Waals surface area contributed by atoms with Crippen LogP contribution < -0.4 is 4.74 Å². The fourth-order valence-corrected chi connectivity index (χ4v) is 1.91. The van der Waals surface area contributed by atoms with Crippen LogP contribution in [-0.4, -0.2) is 19.7 Å². The molecule has 0 bridgehead atoms. The van der Waals surface area contributed by atoms with Gasteiger partial charge in [-0.05, 0) is 24.5 Å². The number of carbonyl (C=O) groups excluding carboxylic acids is 1. The van der Waals surface area contributed by atoms with Crippen LogP contribution in [0, 0.1) is 12.8 Å². The number of para-hydroxylation sites is 1. The van der Waals surface area contributed by atoms with E-state index < -0.39 is 0 Å². The predicted molar refractivity (Wildman–Crippen MR) is 55.9 cm³/mol. The second-order valence-corrected chi connectivity index (χ2v) is 3.80. The van der Waals surface area contributed by atoms with Crippen LogP contribution in [-0.2, 0) is 16.0 Å². The van der Waals surface area contributed by atoms with Crippen molar-refractivity contribution in [1.29, 1.82) is 0 Å². The van der Waals surface area contributed by atoms with Gasteiger partial charge in [0.25, 0.3) is 0 Å². The molecule has 2 rings (SSSR count). The number of carbonyl (C=O) groups is 1. The monoisotopic (exact) mass is 206 g/mol. The molecule has 1 aromatic carbocycles. The number of benzene rings is 1. The molecule has 0 saturated heterocycles. The lowest BCUT2D eigenvalue weighted by molar-refractivity contribution is -0.146. The molecule has 15 heavy (non-hydrogen) atoms. The standard InChI is InChI=1S/C12H14O3/c1-8-4-3-5-9-6-10(12(13)14-2)7-15-11(8)9/h3-5,10H,6-7H2,1-2H3. The number of fused-ring (bicyclic) bond motifs is 1. The van der Waals surface area contributed by atoms with Crippen LogP contribution in [0.15, 0.2) is 18.2 Å². The Morgan fingerprint density at radius 3 is 3.07 bits per heavy atom. The number of esters is 1. The normalized spacial score (nSPS) is 18.9. The quantitative estimate of drug-likeness (QED) is 0.656. The highest BCUT2D eigenvalue weighted by Gasteiger charge is 2.27. The Hall–Kier alpha value is -1.51. The van der Waals surface area contributed by atoms with Gasteiger partial charge in [0.2, 0.25) is 0 Å². The molecular formula is C12H14O3. The van der Waals surface area contributed by atoms with E-state index in [1.54, 1.807) is 0 Å². The van der Waals surface area contributed by atoms with Gasteiger partial charge in [0.1, 0.15) is 12.4 Å². The Labute approximate surface area is 89.0 Å². The summed E-state index contributed by atoms with van der Waals surface area (Å²) >= 11 is 0. The average Bonchev–Trinajstić information content (AvgIpc) is 2.28. The summed E-state index contributed by atoms with van der Waals surface area (Å²) in [6, 6.07) is 5.99. The molecule has 80 valence electrons. The second-order valence-electron chi connectivity index (χ2n) is 3.80. The molecule has 0 N–H and O–H groups in total. The van der Waals surface area contributed by atoms with E-state index in [0.29, 0.717) is 13.0 Å². The minimum Gasteiger partial charge on any atom is -0.492 e. The maximum absolute atomic E-state index is 11.4. The van der Waals surface area contributed by atoms with Crippen LogP contribution in [0.1, 0.15) is 11.1 Å². The van der Waals surface area contributed by atoms with Crippen molar-refractivity contribution in [3.63, 3.8) is 0 Å². The van der Waals surface area contributed by atoms with Gasteiger partial charge < -0.3 is 9.47 Å². The topological polar surface area (TPSA) is 35.5 Å². The van der Waals surface area contributed by atoms with E-state index in [4.69, 9.17) is 9.47 Å². The third-order valence-electron chi connectivity index (χ3n) is 2.72. The van der Waals surface area contributed by atoms with Crippen LogP contribution in [0.3, 0.4) is 0 Å². The molecule has 0 radical (unpaired) electrons. The van der Waals surface area contributed by atoms with E-state index in [2.05, 4.69) is 0 Å². The van der Waals surface area contributed by atoms with Crippen molar-refractivity contribution < 1.29 is 14.3 Å². The van der Waals surface area contributed by atoms with E-state index in [9.17, 15) is 4.79 Å². The molecule has 0 aromatic heterocycles. The number of aryl methyl sites for hydroxylation is 1. The van der Waals surface area contributed by atoms with Crippen molar-refractivity contribution >= 4 is 5.97 Å². The largest absolute Gasteiger partial charge is 0.492 e. The fraction of sp³-hybridized carbons (Fsp3) is 0.417. The first-order valence-electron chi connectivity index (χ1n) is 5.01. The lowest BCUT2D eigenvalue weighted by atomic mass is 9.95. The zero-order valence-electron chi connectivity index (χ0n) is 8.95. The minimum atomic E-state index is -0.192. The molecule has 3 heteroatoms. The number of rotatable bonds is 1. The van der Waals surface area contributed by atoms with Crippen LogP contribution in [0.5, 0.6) is 5.75 Å². The van der Waals surface area contributed by atoms with E-state index in [1.807, 2.05) is 25.1 Å². The maximum Gasteiger partial charge on any atom is 0.312 e. The first-order chi connectivity index (χ1) is 7.22. The van der Waals surface area contributed by atoms with Gasteiger partial charge in [-0.3, -0.25) is 4.79 Å². The summed E-state index contributed by atoms with van der Waals surface area (Å²) in [5.41, 5.74) is 2.22. The van der Waals surface area contributed by atoms with Crippen molar-refractivity contribution in [2.45, 2.75) is 13.3 Å². The molecule has 1 aliphatic rings. The molecule has 0 spiro atoms. The molecule has 0 fully saturated rings. The highest BCUT2D eigenvalue weighted by molar-refractivity contribution is 5.73. The Bertz CT molecular complexity index is 384. The third-order valence-corrected chi connectivity index (χ3v) is 2.72. The maximum atomic E-state index is 11.4. The van der Waals surface area contributed by atoms with Crippen molar-refractivity contribution in [3.8, 4) is 5.75 Å². The van der Waals surface area contributed by atoms with Crippen molar-refractivity contribution in [1.82, 2.24) is 0 Å². The minimum absolute atomic E-state index is 0.163. The Morgan fingerprint density at radius 2 is 2.33 bits per heavy atom. The van der Waals surface area contributed by atoms with Gasteiger partial charge in [-0.15, -0.1) is 0 Å². The summed E-state index contributed by atoms with van der Waals surface area (Å²) in [6.07, 6.45) is 0.712. The third kappa shape index (κ3) is 1.82. The van der Waals surface area contributed by atoms with Crippen molar-refractivity contribution in [3.05, 3.63) is 29.3 Å². The summed E-state index contributed by atoms with van der Waals surface area (Å²) in [7, 11) is 1.41. The van der Waals surface area contributed by atoms with Crippen LogP contribution in [0.2, 0.25) is 0 Å². The van der Waals surface area contributed by atoms with Crippen LogP contribution in [0.4, 0.5) is 0 Å². The molecule has 0 saturated carbocycles. The zero-order chi connectivity index (χ0) is 10.8. The first kappa shape index (κ1) is 10.0. The van der Waals surface area contributed by atoms with Gasteiger partial charge in [-0.2, -0.15) is 0 Å². The lowest BCUT2D eigenvalue weighted by Crippen LogP contribution is -2.29. The summed E-state index contributed by atoms with van der Waals surface area (Å²) in [5.74, 6) is 0.573. The van der Waals surface area contributed by atoms with E-state index >= 15 is 0 Å². The van der Waals surface area contributed by atoms with Gasteiger partial charge in [-0.25, -0.2) is 0 Å². The van der Waals surface area contributed by atoms with Gasteiger partial charge >= 0.3 is 5.97 Å². The van der Waals surface area contributed by atoms with Crippen LogP contribution in [0.25, 0.3) is 0 Å². The van der Waals surface area contributed by atoms with Gasteiger partial charge in [-0.1, -0.05) is 18.2 Å². The van der Waals surface area contributed by atoms with Gasteiger partial charge in [0, 0.05) is 0 Å². The van der Waals surface area contributed by atoms with Crippen LogP contribution >= 0.6 is 0 Å². The predicted octanol–water partition coefficient (Wildman–Crippen LogP) is 1.72. The molecule has 1 heterocycles. The second kappa shape index (κ2) is 3.93. The fourth-order valence-electron chi connectivity index (χ4n) is 1.91. The number of hydrogen-bond donors (Lipinski definition) is 0.